The average Bonchev–Trinajstić information content (AvgIpc) is 2.52. The summed E-state index contributed by atoms with van der Waals surface area (Å²) in [5.74, 6) is -1.03. The standard InChI is InChI=1S/C16H15NO3S/c18-15(11-6-2-1-3-7-11)12-8-4-5-9-13(12)17-14(10-21)16(19)20/h1-9,14,17,21H,10H2,(H,19,20)/t14-/m0/s1. The number of carboxylic acid groups (broad SMARTS) is 1. The number of benzene rings is 2. The molecule has 0 aliphatic rings. The summed E-state index contributed by atoms with van der Waals surface area (Å²) in [6.45, 7) is 0. The van der Waals surface area contributed by atoms with Gasteiger partial charge >= 0.3 is 5.97 Å². The first kappa shape index (κ1) is 15.1. The molecule has 0 saturated heterocycles. The van der Waals surface area contributed by atoms with Gasteiger partial charge in [0, 0.05) is 22.6 Å². The van der Waals surface area contributed by atoms with E-state index in [1.807, 2.05) is 6.07 Å². The van der Waals surface area contributed by atoms with Gasteiger partial charge in [-0.3, -0.25) is 4.79 Å². The molecular weight excluding hydrogens is 286 g/mol. The van der Waals surface area contributed by atoms with E-state index in [0.29, 0.717) is 16.8 Å². The number of aliphatic carboxylic acids is 1. The van der Waals surface area contributed by atoms with Crippen molar-refractivity contribution >= 4 is 30.1 Å². The van der Waals surface area contributed by atoms with Crippen LogP contribution in [-0.4, -0.2) is 28.7 Å². The number of ketones is 1. The lowest BCUT2D eigenvalue weighted by Gasteiger charge is -2.16. The number of hydrogen-bond donors (Lipinski definition) is 3. The van der Waals surface area contributed by atoms with Gasteiger partial charge in [-0.2, -0.15) is 12.6 Å². The second kappa shape index (κ2) is 6.95. The third kappa shape index (κ3) is 3.64. The van der Waals surface area contributed by atoms with E-state index < -0.39 is 12.0 Å². The van der Waals surface area contributed by atoms with E-state index in [2.05, 4.69) is 17.9 Å². The Morgan fingerprint density at radius 2 is 1.67 bits per heavy atom. The summed E-state index contributed by atoms with van der Waals surface area (Å²) in [5.41, 5.74) is 1.49. The molecule has 0 bridgehead atoms. The molecule has 2 aromatic carbocycles. The minimum Gasteiger partial charge on any atom is -0.480 e. The number of para-hydroxylation sites is 1. The highest BCUT2D eigenvalue weighted by atomic mass is 32.1. The van der Waals surface area contributed by atoms with Gasteiger partial charge in [0.1, 0.15) is 6.04 Å². The Bertz CT molecular complexity index is 643. The lowest BCUT2D eigenvalue weighted by atomic mass is 10.0. The van der Waals surface area contributed by atoms with Crippen LogP contribution in [0.3, 0.4) is 0 Å². The molecule has 0 unspecified atom stereocenters. The van der Waals surface area contributed by atoms with Crippen molar-refractivity contribution in [3.05, 3.63) is 65.7 Å². The van der Waals surface area contributed by atoms with Gasteiger partial charge in [-0.25, -0.2) is 4.79 Å². The van der Waals surface area contributed by atoms with Crippen LogP contribution < -0.4 is 5.32 Å². The summed E-state index contributed by atoms with van der Waals surface area (Å²) in [6, 6.07) is 14.9. The van der Waals surface area contributed by atoms with E-state index in [1.54, 1.807) is 48.5 Å². The van der Waals surface area contributed by atoms with Crippen molar-refractivity contribution in [1.82, 2.24) is 0 Å². The maximum atomic E-state index is 12.5. The van der Waals surface area contributed by atoms with Gasteiger partial charge in [0.25, 0.3) is 0 Å². The fourth-order valence-electron chi connectivity index (χ4n) is 1.93. The second-order valence-electron chi connectivity index (χ2n) is 4.46. The van der Waals surface area contributed by atoms with Crippen LogP contribution in [0.15, 0.2) is 54.6 Å². The van der Waals surface area contributed by atoms with Gasteiger partial charge < -0.3 is 10.4 Å². The number of nitrogens with one attached hydrogen (secondary N) is 1. The zero-order valence-electron chi connectivity index (χ0n) is 11.2. The van der Waals surface area contributed by atoms with Crippen LogP contribution in [0, 0.1) is 0 Å². The van der Waals surface area contributed by atoms with Gasteiger partial charge in [-0.15, -0.1) is 0 Å². The Morgan fingerprint density at radius 3 is 2.29 bits per heavy atom. The molecule has 0 saturated carbocycles. The molecule has 108 valence electrons. The molecule has 2 rings (SSSR count). The first-order valence-electron chi connectivity index (χ1n) is 6.42. The van der Waals surface area contributed by atoms with Crippen molar-refractivity contribution in [1.29, 1.82) is 0 Å². The molecule has 0 heterocycles. The number of hydrogen-bond acceptors (Lipinski definition) is 4. The van der Waals surface area contributed by atoms with E-state index in [-0.39, 0.29) is 11.5 Å². The fourth-order valence-corrected chi connectivity index (χ4v) is 2.17. The van der Waals surface area contributed by atoms with Crippen molar-refractivity contribution in [3.63, 3.8) is 0 Å². The van der Waals surface area contributed by atoms with Gasteiger partial charge in [-0.05, 0) is 12.1 Å². The van der Waals surface area contributed by atoms with Crippen molar-refractivity contribution in [2.45, 2.75) is 6.04 Å². The number of rotatable bonds is 6. The summed E-state index contributed by atoms with van der Waals surface area (Å²) in [7, 11) is 0. The molecule has 4 nitrogen and oxygen atoms in total. The van der Waals surface area contributed by atoms with Crippen LogP contribution in [0.4, 0.5) is 5.69 Å². The lowest BCUT2D eigenvalue weighted by Crippen LogP contribution is -2.31. The first-order valence-corrected chi connectivity index (χ1v) is 7.05. The molecule has 0 aromatic heterocycles. The number of anilines is 1. The van der Waals surface area contributed by atoms with E-state index in [9.17, 15) is 9.59 Å². The van der Waals surface area contributed by atoms with E-state index in [4.69, 9.17) is 5.11 Å². The molecule has 0 amide bonds. The van der Waals surface area contributed by atoms with Crippen LogP contribution in [0.25, 0.3) is 0 Å². The average molecular weight is 301 g/mol. The number of thiol groups is 1. The molecule has 2 N–H and O–H groups in total. The molecule has 0 aliphatic carbocycles. The van der Waals surface area contributed by atoms with Crippen LogP contribution in [-0.2, 0) is 4.79 Å². The molecule has 0 spiro atoms. The number of carbonyl (C=O) groups is 2. The number of carbonyl (C=O) groups excluding carboxylic acids is 1. The summed E-state index contributed by atoms with van der Waals surface area (Å²) >= 11 is 4.01. The van der Waals surface area contributed by atoms with Gasteiger partial charge in [0.2, 0.25) is 0 Å². The first-order chi connectivity index (χ1) is 10.1. The zero-order valence-corrected chi connectivity index (χ0v) is 12.1. The predicted octanol–water partition coefficient (Wildman–Crippen LogP) is 2.71. The smallest absolute Gasteiger partial charge is 0.326 e. The van der Waals surface area contributed by atoms with Crippen LogP contribution in [0.1, 0.15) is 15.9 Å². The monoisotopic (exact) mass is 301 g/mol. The third-order valence-corrected chi connectivity index (χ3v) is 3.38. The topological polar surface area (TPSA) is 66.4 Å². The van der Waals surface area contributed by atoms with Crippen LogP contribution in [0.5, 0.6) is 0 Å². The van der Waals surface area contributed by atoms with Gasteiger partial charge in [-0.1, -0.05) is 42.5 Å². The second-order valence-corrected chi connectivity index (χ2v) is 4.82. The summed E-state index contributed by atoms with van der Waals surface area (Å²) < 4.78 is 0. The Morgan fingerprint density at radius 1 is 1.05 bits per heavy atom. The minimum absolute atomic E-state index is 0.128. The maximum Gasteiger partial charge on any atom is 0.326 e. The van der Waals surface area contributed by atoms with E-state index in [1.165, 1.54) is 0 Å². The van der Waals surface area contributed by atoms with Crippen molar-refractivity contribution in [2.24, 2.45) is 0 Å². The molecule has 21 heavy (non-hydrogen) atoms. The highest BCUT2D eigenvalue weighted by Gasteiger charge is 2.19. The van der Waals surface area contributed by atoms with E-state index in [0.717, 1.165) is 0 Å². The summed E-state index contributed by atoms with van der Waals surface area (Å²) in [5, 5.41) is 11.9. The highest BCUT2D eigenvalue weighted by molar-refractivity contribution is 7.80. The number of carboxylic acids is 1. The minimum atomic E-state index is -1.01. The van der Waals surface area contributed by atoms with Crippen LogP contribution in [0.2, 0.25) is 0 Å². The molecule has 0 radical (unpaired) electrons. The molecule has 5 heteroatoms. The molecular formula is C16H15NO3S. The molecule has 0 aliphatic heterocycles. The maximum absolute atomic E-state index is 12.5. The Hall–Kier alpha value is -2.27. The van der Waals surface area contributed by atoms with Crippen molar-refractivity contribution < 1.29 is 14.7 Å². The summed E-state index contributed by atoms with van der Waals surface area (Å²) in [4.78, 5) is 23.6. The third-order valence-electron chi connectivity index (χ3n) is 3.02. The summed E-state index contributed by atoms with van der Waals surface area (Å²) in [6.07, 6.45) is 0. The largest absolute Gasteiger partial charge is 0.480 e. The SMILES string of the molecule is O=C(c1ccccc1)c1ccccc1N[C@@H](CS)C(=O)O. The molecule has 2 aromatic rings. The Kier molecular flexibility index (Phi) is 5.00. The zero-order chi connectivity index (χ0) is 15.2. The van der Waals surface area contributed by atoms with Crippen molar-refractivity contribution in [2.75, 3.05) is 11.1 Å². The normalized spacial score (nSPS) is 11.7. The van der Waals surface area contributed by atoms with Gasteiger partial charge in [0.15, 0.2) is 5.78 Å². The Labute approximate surface area is 128 Å². The predicted molar refractivity (Wildman–Crippen MR) is 85.2 cm³/mol. The van der Waals surface area contributed by atoms with E-state index >= 15 is 0 Å². The molecule has 1 atom stereocenters. The lowest BCUT2D eigenvalue weighted by molar-refractivity contribution is -0.137. The quantitative estimate of drug-likeness (QED) is 0.567. The fraction of sp³-hybridized carbons (Fsp3) is 0.125. The Balaban J connectivity index is 2.33. The van der Waals surface area contributed by atoms with Gasteiger partial charge in [0.05, 0.1) is 0 Å². The molecule has 0 fully saturated rings. The van der Waals surface area contributed by atoms with Crippen LogP contribution >= 0.6 is 12.6 Å². The van der Waals surface area contributed by atoms with Crippen molar-refractivity contribution in [3.8, 4) is 0 Å². The highest BCUT2D eigenvalue weighted by Crippen LogP contribution is 2.20.